The number of carbonyl (C=O) groups is 1. The summed E-state index contributed by atoms with van der Waals surface area (Å²) < 4.78 is 1.53. The van der Waals surface area contributed by atoms with Crippen LogP contribution in [-0.4, -0.2) is 24.2 Å². The van der Waals surface area contributed by atoms with E-state index >= 15 is 0 Å². The molecule has 2 atom stereocenters. The van der Waals surface area contributed by atoms with Gasteiger partial charge in [-0.3, -0.25) is 0 Å². The van der Waals surface area contributed by atoms with Crippen molar-refractivity contribution in [3.8, 4) is 0 Å². The maximum atomic E-state index is 11.2. The van der Waals surface area contributed by atoms with E-state index < -0.39 is 18.4 Å². The van der Waals surface area contributed by atoms with Crippen molar-refractivity contribution in [1.29, 1.82) is 0 Å². The van der Waals surface area contributed by atoms with Gasteiger partial charge in [0.1, 0.15) is 0 Å². The molecule has 1 aliphatic rings. The quantitative estimate of drug-likeness (QED) is 0.613. The third-order valence-corrected chi connectivity index (χ3v) is 19.3. The molecule has 1 fully saturated rings. The molecule has 1 rings (SSSR count). The summed E-state index contributed by atoms with van der Waals surface area (Å²) in [5.74, 6) is 0.501. The Labute approximate surface area is 73.4 Å². The molecule has 0 aromatic carbocycles. The average molecular weight is 261 g/mol. The van der Waals surface area contributed by atoms with Gasteiger partial charge >= 0.3 is 73.4 Å². The summed E-state index contributed by atoms with van der Waals surface area (Å²) in [6.07, 6.45) is 1.76. The molecular formula is C9H18OSn. The van der Waals surface area contributed by atoms with Crippen molar-refractivity contribution in [1.82, 2.24) is 0 Å². The zero-order chi connectivity index (χ0) is 8.65. The van der Waals surface area contributed by atoms with E-state index in [0.29, 0.717) is 5.78 Å². The zero-order valence-electron chi connectivity index (χ0n) is 7.98. The van der Waals surface area contributed by atoms with Crippen molar-refractivity contribution < 1.29 is 4.79 Å². The predicted molar refractivity (Wildman–Crippen MR) is 50.6 cm³/mol. The number of rotatable bonds is 0. The fourth-order valence-electron chi connectivity index (χ4n) is 1.78. The summed E-state index contributed by atoms with van der Waals surface area (Å²) in [7, 11) is 0. The van der Waals surface area contributed by atoms with E-state index in [1.807, 2.05) is 0 Å². The van der Waals surface area contributed by atoms with Crippen LogP contribution in [0.25, 0.3) is 0 Å². The summed E-state index contributed by atoms with van der Waals surface area (Å²) in [4.78, 5) is 16.2. The van der Waals surface area contributed by atoms with Crippen molar-refractivity contribution in [3.05, 3.63) is 0 Å². The first kappa shape index (κ1) is 9.56. The second kappa shape index (κ2) is 3.08. The molecule has 0 amide bonds. The Bertz CT molecular complexity index is 158. The van der Waals surface area contributed by atoms with E-state index in [4.69, 9.17) is 0 Å². The van der Waals surface area contributed by atoms with Crippen molar-refractivity contribution in [2.24, 2.45) is 0 Å². The fraction of sp³-hybridized carbons (Fsp3) is 0.889. The van der Waals surface area contributed by atoms with Crippen LogP contribution in [0.2, 0.25) is 17.7 Å². The van der Waals surface area contributed by atoms with Gasteiger partial charge in [0.05, 0.1) is 0 Å². The van der Waals surface area contributed by atoms with Gasteiger partial charge in [-0.1, -0.05) is 0 Å². The summed E-state index contributed by atoms with van der Waals surface area (Å²) in [5.41, 5.74) is 0. The monoisotopic (exact) mass is 262 g/mol. The van der Waals surface area contributed by atoms with Crippen LogP contribution in [0.3, 0.4) is 0 Å². The summed E-state index contributed by atoms with van der Waals surface area (Å²) in [6.45, 7) is 4.56. The molecule has 0 unspecified atom stereocenters. The minimum absolute atomic E-state index is 0.501. The predicted octanol–water partition coefficient (Wildman–Crippen LogP) is 2.84. The number of hydrogen-bond donors (Lipinski definition) is 0. The Balaban J connectivity index is 2.75. The van der Waals surface area contributed by atoms with Gasteiger partial charge < -0.3 is 0 Å². The maximum absolute atomic E-state index is 11.2. The van der Waals surface area contributed by atoms with Gasteiger partial charge in [-0.15, -0.1) is 0 Å². The molecular weight excluding hydrogens is 243 g/mol. The molecule has 1 saturated heterocycles. The van der Waals surface area contributed by atoms with Gasteiger partial charge in [-0.05, 0) is 0 Å². The first-order valence-electron chi connectivity index (χ1n) is 4.46. The van der Waals surface area contributed by atoms with E-state index in [0.717, 1.165) is 20.7 Å². The molecule has 2 heteroatoms. The zero-order valence-corrected chi connectivity index (χ0v) is 10.8. The van der Waals surface area contributed by atoms with Crippen LogP contribution in [-0.2, 0) is 4.79 Å². The van der Waals surface area contributed by atoms with E-state index in [-0.39, 0.29) is 0 Å². The minimum atomic E-state index is -1.78. The van der Waals surface area contributed by atoms with Crippen molar-refractivity contribution in [3.63, 3.8) is 0 Å². The third-order valence-electron chi connectivity index (χ3n) is 3.61. The molecule has 0 radical (unpaired) electrons. The fourth-order valence-corrected chi connectivity index (χ4v) is 8.85. The molecule has 0 bridgehead atoms. The van der Waals surface area contributed by atoms with E-state index in [1.54, 1.807) is 0 Å². The van der Waals surface area contributed by atoms with Crippen LogP contribution in [0.4, 0.5) is 0 Å². The molecule has 1 nitrogen and oxygen atoms in total. The van der Waals surface area contributed by atoms with E-state index in [9.17, 15) is 4.79 Å². The molecule has 11 heavy (non-hydrogen) atoms. The first-order chi connectivity index (χ1) is 4.94. The first-order valence-corrected chi connectivity index (χ1v) is 13.5. The van der Waals surface area contributed by atoms with Crippen molar-refractivity contribution in [2.45, 2.75) is 44.4 Å². The van der Waals surface area contributed by atoms with Crippen LogP contribution in [0.1, 0.15) is 26.7 Å². The van der Waals surface area contributed by atoms with Crippen LogP contribution < -0.4 is 0 Å². The molecule has 0 aromatic heterocycles. The van der Waals surface area contributed by atoms with Crippen LogP contribution >= 0.6 is 0 Å². The Morgan fingerprint density at radius 2 is 1.55 bits per heavy atom. The summed E-state index contributed by atoms with van der Waals surface area (Å²) in [5, 5.41) is 0. The Hall–Kier alpha value is 0.469. The number of carbonyl (C=O) groups excluding carboxylic acids is 1. The van der Waals surface area contributed by atoms with Gasteiger partial charge in [-0.2, -0.15) is 0 Å². The van der Waals surface area contributed by atoms with Crippen LogP contribution in [0, 0.1) is 0 Å². The van der Waals surface area contributed by atoms with Gasteiger partial charge in [-0.25, -0.2) is 0 Å². The van der Waals surface area contributed by atoms with Crippen molar-refractivity contribution >= 4 is 24.2 Å². The normalized spacial score (nSPS) is 37.3. The molecule has 1 aliphatic heterocycles. The molecule has 1 heterocycles. The van der Waals surface area contributed by atoms with Gasteiger partial charge in [0.15, 0.2) is 0 Å². The second-order valence-corrected chi connectivity index (χ2v) is 20.6. The average Bonchev–Trinajstić information content (AvgIpc) is 1.84. The number of Topliss-reactive ketones (excluding diaryl/α,β-unsaturated/α-hetero) is 1. The standard InChI is InChI=1S/C7H12O.2CH3.Sn/c1-3-5-7(8)6-4-2;;;/h3-4H,5-6H2,1-2H3;2*1H3;. The summed E-state index contributed by atoms with van der Waals surface area (Å²) in [6, 6.07) is 0. The Kier molecular flexibility index (Phi) is 2.67. The Morgan fingerprint density at radius 1 is 1.18 bits per heavy atom. The van der Waals surface area contributed by atoms with Crippen molar-refractivity contribution in [2.75, 3.05) is 0 Å². The van der Waals surface area contributed by atoms with Gasteiger partial charge in [0.25, 0.3) is 0 Å². The molecule has 0 aliphatic carbocycles. The van der Waals surface area contributed by atoms with E-state index in [1.165, 1.54) is 0 Å². The molecule has 0 N–H and O–H groups in total. The number of hydrogen-bond acceptors (Lipinski definition) is 1. The second-order valence-electron chi connectivity index (χ2n) is 4.57. The number of ketones is 1. The topological polar surface area (TPSA) is 17.1 Å². The molecule has 0 saturated carbocycles. The Morgan fingerprint density at radius 3 is 1.91 bits per heavy atom. The van der Waals surface area contributed by atoms with E-state index in [2.05, 4.69) is 23.7 Å². The van der Waals surface area contributed by atoms with Crippen LogP contribution in [0.5, 0.6) is 0 Å². The SMILES string of the molecule is C[C@H]1CC(=O)C[C@H](C)[Sn]1([CH3])[CH3]. The third kappa shape index (κ3) is 1.79. The summed E-state index contributed by atoms with van der Waals surface area (Å²) >= 11 is -1.78. The van der Waals surface area contributed by atoms with Gasteiger partial charge in [0.2, 0.25) is 0 Å². The molecule has 0 aromatic rings. The molecule has 64 valence electrons. The molecule has 0 spiro atoms. The van der Waals surface area contributed by atoms with Crippen LogP contribution in [0.15, 0.2) is 0 Å². The van der Waals surface area contributed by atoms with Gasteiger partial charge in [0, 0.05) is 0 Å².